The number of nitrogens with two attached hydrogens (primary N) is 2. The molecule has 164 valence electrons. The number of rotatable bonds is 1. The number of benzene rings is 4. The lowest BCUT2D eigenvalue weighted by Gasteiger charge is -2.29. The fourth-order valence-electron chi connectivity index (χ4n) is 5.88. The minimum Gasteiger partial charge on any atom is -0.398 e. The SMILES string of the molecule is Nc1ccc(-c2ccc(N)c3c2Cc2ccccc2C3=C2CC2)c2c1Cc1ccccc1C2=O. The molecule has 0 heterocycles. The van der Waals surface area contributed by atoms with Crippen LogP contribution in [0.2, 0.25) is 0 Å². The van der Waals surface area contributed by atoms with E-state index in [1.165, 1.54) is 27.8 Å². The van der Waals surface area contributed by atoms with E-state index < -0.39 is 0 Å². The van der Waals surface area contributed by atoms with Gasteiger partial charge >= 0.3 is 0 Å². The van der Waals surface area contributed by atoms with Crippen LogP contribution in [-0.2, 0) is 12.8 Å². The second kappa shape index (κ2) is 6.94. The summed E-state index contributed by atoms with van der Waals surface area (Å²) in [5.74, 6) is 0.0571. The Kier molecular flexibility index (Phi) is 3.96. The van der Waals surface area contributed by atoms with Crippen molar-refractivity contribution in [3.8, 4) is 11.1 Å². The van der Waals surface area contributed by atoms with E-state index in [0.29, 0.717) is 12.1 Å². The lowest BCUT2D eigenvalue weighted by Crippen LogP contribution is -2.18. The molecule has 3 heteroatoms. The number of carbonyl (C=O) groups is 1. The van der Waals surface area contributed by atoms with Gasteiger partial charge in [-0.2, -0.15) is 0 Å². The molecule has 1 saturated carbocycles. The number of hydrogen-bond acceptors (Lipinski definition) is 3. The minimum atomic E-state index is 0.0571. The van der Waals surface area contributed by atoms with Crippen LogP contribution in [0, 0.1) is 0 Å². The van der Waals surface area contributed by atoms with Gasteiger partial charge in [0.05, 0.1) is 0 Å². The third kappa shape index (κ3) is 2.67. The summed E-state index contributed by atoms with van der Waals surface area (Å²) in [5.41, 5.74) is 27.8. The Labute approximate surface area is 198 Å². The van der Waals surface area contributed by atoms with Crippen LogP contribution in [-0.4, -0.2) is 5.78 Å². The molecular formula is C31H24N2O. The molecule has 0 atom stereocenters. The standard InChI is InChI=1S/C31H24N2O/c32-26-13-12-23(29-25(26)16-19-6-2-4-8-21(19)31(29)34)22-11-14-27(33)30-24(22)15-18-5-1-3-7-20(18)28(30)17-9-10-17/h1-8,11-14H,9-10,15-16,32-33H2. The van der Waals surface area contributed by atoms with Gasteiger partial charge in [0.25, 0.3) is 0 Å². The van der Waals surface area contributed by atoms with Crippen molar-refractivity contribution in [3.63, 3.8) is 0 Å². The van der Waals surface area contributed by atoms with Crippen LogP contribution in [0.4, 0.5) is 11.4 Å². The number of carbonyl (C=O) groups excluding carboxylic acids is 1. The zero-order valence-electron chi connectivity index (χ0n) is 18.8. The lowest BCUT2D eigenvalue weighted by molar-refractivity contribution is 0.103. The number of anilines is 2. The summed E-state index contributed by atoms with van der Waals surface area (Å²) >= 11 is 0. The van der Waals surface area contributed by atoms with Gasteiger partial charge in [0.1, 0.15) is 0 Å². The lowest BCUT2D eigenvalue weighted by atomic mass is 9.75. The first-order valence-electron chi connectivity index (χ1n) is 11.9. The molecule has 4 aromatic carbocycles. The largest absolute Gasteiger partial charge is 0.398 e. The van der Waals surface area contributed by atoms with E-state index in [9.17, 15) is 4.79 Å². The summed E-state index contributed by atoms with van der Waals surface area (Å²) < 4.78 is 0. The van der Waals surface area contributed by atoms with E-state index in [2.05, 4.69) is 30.3 Å². The second-order valence-electron chi connectivity index (χ2n) is 9.59. The van der Waals surface area contributed by atoms with Gasteiger partial charge in [-0.05, 0) is 75.9 Å². The predicted octanol–water partition coefficient (Wildman–Crippen LogP) is 6.15. The number of nitrogen functional groups attached to an aromatic ring is 2. The molecule has 0 amide bonds. The highest BCUT2D eigenvalue weighted by molar-refractivity contribution is 6.17. The summed E-state index contributed by atoms with van der Waals surface area (Å²) in [4.78, 5) is 13.8. The average molecular weight is 441 g/mol. The molecule has 7 rings (SSSR count). The van der Waals surface area contributed by atoms with Crippen molar-refractivity contribution in [3.05, 3.63) is 123 Å². The third-order valence-electron chi connectivity index (χ3n) is 7.60. The van der Waals surface area contributed by atoms with Crippen LogP contribution >= 0.6 is 0 Å². The van der Waals surface area contributed by atoms with Gasteiger partial charge < -0.3 is 11.5 Å². The van der Waals surface area contributed by atoms with Gasteiger partial charge in [-0.1, -0.05) is 66.2 Å². The summed E-state index contributed by atoms with van der Waals surface area (Å²) in [6.45, 7) is 0. The maximum atomic E-state index is 13.8. The topological polar surface area (TPSA) is 69.1 Å². The minimum absolute atomic E-state index is 0.0571. The molecule has 3 aliphatic rings. The molecule has 0 saturated heterocycles. The molecule has 3 nitrogen and oxygen atoms in total. The summed E-state index contributed by atoms with van der Waals surface area (Å²) in [6.07, 6.45) is 3.72. The maximum Gasteiger partial charge on any atom is 0.194 e. The second-order valence-corrected chi connectivity index (χ2v) is 9.59. The molecule has 0 aromatic heterocycles. The van der Waals surface area contributed by atoms with Crippen molar-refractivity contribution in [2.24, 2.45) is 0 Å². The zero-order valence-corrected chi connectivity index (χ0v) is 18.8. The van der Waals surface area contributed by atoms with Crippen LogP contribution in [0.1, 0.15) is 62.1 Å². The van der Waals surface area contributed by atoms with Crippen LogP contribution in [0.15, 0.2) is 78.4 Å². The van der Waals surface area contributed by atoms with E-state index in [-0.39, 0.29) is 5.78 Å². The number of hydrogen-bond donors (Lipinski definition) is 2. The van der Waals surface area contributed by atoms with Crippen LogP contribution in [0.25, 0.3) is 16.7 Å². The number of fused-ring (bicyclic) bond motifs is 4. The summed E-state index contributed by atoms with van der Waals surface area (Å²) in [6, 6.07) is 24.6. The van der Waals surface area contributed by atoms with E-state index in [1.807, 2.05) is 42.5 Å². The third-order valence-corrected chi connectivity index (χ3v) is 7.60. The van der Waals surface area contributed by atoms with Gasteiger partial charge in [0, 0.05) is 34.5 Å². The van der Waals surface area contributed by atoms with Crippen molar-refractivity contribution < 1.29 is 4.79 Å². The molecule has 0 aliphatic heterocycles. The molecule has 0 radical (unpaired) electrons. The first-order chi connectivity index (χ1) is 16.6. The van der Waals surface area contributed by atoms with Crippen molar-refractivity contribution in [2.45, 2.75) is 25.7 Å². The zero-order chi connectivity index (χ0) is 23.0. The number of allylic oxidation sites excluding steroid dienone is 1. The van der Waals surface area contributed by atoms with Crippen LogP contribution in [0.5, 0.6) is 0 Å². The highest BCUT2D eigenvalue weighted by Crippen LogP contribution is 2.50. The fourth-order valence-corrected chi connectivity index (χ4v) is 5.88. The highest BCUT2D eigenvalue weighted by atomic mass is 16.1. The molecule has 4 aromatic rings. The first kappa shape index (κ1) is 19.4. The summed E-state index contributed by atoms with van der Waals surface area (Å²) in [5, 5.41) is 0. The molecule has 34 heavy (non-hydrogen) atoms. The summed E-state index contributed by atoms with van der Waals surface area (Å²) in [7, 11) is 0. The fraction of sp³-hybridized carbons (Fsp3) is 0.129. The normalized spacial score (nSPS) is 15.4. The monoisotopic (exact) mass is 440 g/mol. The molecule has 3 aliphatic carbocycles. The van der Waals surface area contributed by atoms with Crippen molar-refractivity contribution in [1.82, 2.24) is 0 Å². The maximum absolute atomic E-state index is 13.8. The van der Waals surface area contributed by atoms with Crippen LogP contribution < -0.4 is 11.5 Å². The molecule has 0 spiro atoms. The molecule has 0 unspecified atom stereocenters. The molecule has 0 bridgehead atoms. The first-order valence-corrected chi connectivity index (χ1v) is 11.9. The molecular weight excluding hydrogens is 416 g/mol. The molecule has 1 fully saturated rings. The van der Waals surface area contributed by atoms with E-state index >= 15 is 0 Å². The van der Waals surface area contributed by atoms with Gasteiger partial charge in [0.2, 0.25) is 0 Å². The van der Waals surface area contributed by atoms with Gasteiger partial charge in [-0.15, -0.1) is 0 Å². The van der Waals surface area contributed by atoms with E-state index in [4.69, 9.17) is 11.5 Å². The van der Waals surface area contributed by atoms with Gasteiger partial charge in [-0.3, -0.25) is 4.79 Å². The smallest absolute Gasteiger partial charge is 0.194 e. The Balaban J connectivity index is 1.51. The quantitative estimate of drug-likeness (QED) is 0.301. The van der Waals surface area contributed by atoms with Crippen LogP contribution in [0.3, 0.4) is 0 Å². The Morgan fingerprint density at radius 3 is 1.94 bits per heavy atom. The Bertz CT molecular complexity index is 1590. The average Bonchev–Trinajstić information content (AvgIpc) is 3.70. The van der Waals surface area contributed by atoms with Crippen molar-refractivity contribution in [2.75, 3.05) is 11.5 Å². The van der Waals surface area contributed by atoms with E-state index in [0.717, 1.165) is 63.9 Å². The van der Waals surface area contributed by atoms with Crippen molar-refractivity contribution in [1.29, 1.82) is 0 Å². The Morgan fingerprint density at radius 2 is 1.18 bits per heavy atom. The Morgan fingerprint density at radius 1 is 0.559 bits per heavy atom. The van der Waals surface area contributed by atoms with Crippen molar-refractivity contribution >= 4 is 22.7 Å². The van der Waals surface area contributed by atoms with Gasteiger partial charge in [0.15, 0.2) is 5.78 Å². The highest BCUT2D eigenvalue weighted by Gasteiger charge is 2.33. The Hall–Kier alpha value is -4.11. The van der Waals surface area contributed by atoms with E-state index in [1.54, 1.807) is 0 Å². The number of ketones is 1. The molecule has 4 N–H and O–H groups in total. The van der Waals surface area contributed by atoms with Gasteiger partial charge in [-0.25, -0.2) is 0 Å². The predicted molar refractivity (Wildman–Crippen MR) is 138 cm³/mol.